The number of alkyl halides is 3. The fourth-order valence-electron chi connectivity index (χ4n) is 4.56. The van der Waals surface area contributed by atoms with Crippen molar-refractivity contribution >= 4 is 52.5 Å². The zero-order valence-electron chi connectivity index (χ0n) is 22.3. The van der Waals surface area contributed by atoms with Crippen LogP contribution in [-0.4, -0.2) is 36.6 Å². The van der Waals surface area contributed by atoms with E-state index in [4.69, 9.17) is 44.3 Å². The van der Waals surface area contributed by atoms with Crippen LogP contribution in [0.15, 0.2) is 96.4 Å². The summed E-state index contributed by atoms with van der Waals surface area (Å²) in [4.78, 5) is 20.6. The Bertz CT molecular complexity index is 1490. The summed E-state index contributed by atoms with van der Waals surface area (Å²) in [6.07, 6.45) is 3.19. The van der Waals surface area contributed by atoms with Crippen molar-refractivity contribution in [3.05, 3.63) is 114 Å². The molecule has 7 nitrogen and oxygen atoms in total. The minimum Gasteiger partial charge on any atom is -0.392 e. The summed E-state index contributed by atoms with van der Waals surface area (Å²) in [6.45, 7) is 0.206. The van der Waals surface area contributed by atoms with Gasteiger partial charge in [-0.15, -0.1) is 0 Å². The minimum atomic E-state index is -2.02. The average molecular weight is 645 g/mol. The predicted octanol–water partition coefficient (Wildman–Crippen LogP) is 6.96. The number of hydrogen-bond donors (Lipinski definition) is 2. The highest BCUT2D eigenvalue weighted by molar-refractivity contribution is 7.99. The number of hydrogen-bond acceptors (Lipinski definition) is 7. The highest BCUT2D eigenvalue weighted by atomic mass is 35.6. The Morgan fingerprint density at radius 3 is 2.33 bits per heavy atom. The number of ether oxygens (including phenoxy) is 2. The lowest BCUT2D eigenvalue weighted by Crippen LogP contribution is -2.33. The van der Waals surface area contributed by atoms with Crippen LogP contribution < -0.4 is 5.32 Å². The maximum absolute atomic E-state index is 12.0. The molecule has 1 amide bonds. The number of rotatable bonds is 9. The first-order valence-electron chi connectivity index (χ1n) is 13.2. The quantitative estimate of drug-likeness (QED) is 0.116. The summed E-state index contributed by atoms with van der Waals surface area (Å²) in [5.74, 6) is -0.0184. The van der Waals surface area contributed by atoms with E-state index in [0.29, 0.717) is 17.3 Å². The minimum absolute atomic E-state index is 0.0127. The predicted molar refractivity (Wildman–Crippen MR) is 165 cm³/mol. The molecule has 0 unspecified atom stereocenters. The lowest BCUT2D eigenvalue weighted by Gasteiger charge is -2.36. The van der Waals surface area contributed by atoms with Gasteiger partial charge in [0.1, 0.15) is 0 Å². The molecule has 1 aromatic heterocycles. The number of carbonyl (C=O) groups excluding carboxylic acids is 1. The summed E-state index contributed by atoms with van der Waals surface area (Å²) in [7, 11) is 0. The molecule has 0 bridgehead atoms. The summed E-state index contributed by atoms with van der Waals surface area (Å²) in [5.41, 5.74) is 5.53. The Balaban J connectivity index is 1.36. The smallest absolute Gasteiger partial charge is 0.272 e. The Hall–Kier alpha value is -2.69. The average Bonchev–Trinajstić information content (AvgIpc) is 3.03. The van der Waals surface area contributed by atoms with Gasteiger partial charge >= 0.3 is 0 Å². The Morgan fingerprint density at radius 1 is 0.905 bits per heavy atom. The number of nitrogens with zero attached hydrogens (tertiary/aromatic N) is 2. The van der Waals surface area contributed by atoms with Gasteiger partial charge in [-0.05, 0) is 46.0 Å². The van der Waals surface area contributed by atoms with E-state index in [2.05, 4.69) is 15.3 Å². The molecule has 0 spiro atoms. The third-order valence-corrected chi connectivity index (χ3v) is 8.21. The SMILES string of the molecule is O=C(NCc1cccc(-c2cccc([C@H]3O[C@@H](CSc4ncccn4)C[C@@H](c4ccc(CO)cc4)O3)c2)c1)C(Cl)(Cl)Cl. The lowest BCUT2D eigenvalue weighted by atomic mass is 9.99. The van der Waals surface area contributed by atoms with Crippen molar-refractivity contribution in [2.24, 2.45) is 0 Å². The Labute approximate surface area is 263 Å². The molecule has 4 aromatic rings. The molecule has 0 radical (unpaired) electrons. The third-order valence-electron chi connectivity index (χ3n) is 6.69. The normalized spacial score (nSPS) is 18.9. The number of thioether (sulfide) groups is 1. The number of halogens is 3. The number of aliphatic hydroxyl groups is 1. The topological polar surface area (TPSA) is 93.6 Å². The van der Waals surface area contributed by atoms with Gasteiger partial charge in [-0.1, -0.05) is 107 Å². The van der Waals surface area contributed by atoms with Crippen molar-refractivity contribution in [2.75, 3.05) is 5.75 Å². The molecule has 218 valence electrons. The molecular formula is C31H28Cl3N3O4S. The molecule has 11 heteroatoms. The van der Waals surface area contributed by atoms with Crippen LogP contribution in [0.3, 0.4) is 0 Å². The zero-order chi connectivity index (χ0) is 29.5. The molecule has 2 heterocycles. The first-order valence-corrected chi connectivity index (χ1v) is 15.3. The number of aliphatic hydroxyl groups excluding tert-OH is 1. The molecule has 0 saturated carbocycles. The second kappa shape index (κ2) is 14.2. The molecule has 1 aliphatic rings. The van der Waals surface area contributed by atoms with Crippen molar-refractivity contribution in [3.8, 4) is 11.1 Å². The number of nitrogens with one attached hydrogen (secondary N) is 1. The highest BCUT2D eigenvalue weighted by Gasteiger charge is 2.33. The molecule has 1 saturated heterocycles. The highest BCUT2D eigenvalue weighted by Crippen LogP contribution is 2.40. The van der Waals surface area contributed by atoms with Gasteiger partial charge in [0.2, 0.25) is 0 Å². The summed E-state index contributed by atoms with van der Waals surface area (Å²) in [6, 6.07) is 25.4. The molecule has 0 aliphatic carbocycles. The Morgan fingerprint density at radius 2 is 1.62 bits per heavy atom. The van der Waals surface area contributed by atoms with Crippen molar-refractivity contribution in [1.29, 1.82) is 0 Å². The van der Waals surface area contributed by atoms with Gasteiger partial charge in [0.15, 0.2) is 11.4 Å². The van der Waals surface area contributed by atoms with Gasteiger partial charge in [0.05, 0.1) is 18.8 Å². The molecule has 2 N–H and O–H groups in total. The van der Waals surface area contributed by atoms with Crippen LogP contribution in [0.4, 0.5) is 0 Å². The van der Waals surface area contributed by atoms with Crippen LogP contribution in [0, 0.1) is 0 Å². The van der Waals surface area contributed by atoms with E-state index in [9.17, 15) is 9.90 Å². The molecule has 5 rings (SSSR count). The maximum atomic E-state index is 12.0. The largest absolute Gasteiger partial charge is 0.392 e. The summed E-state index contributed by atoms with van der Waals surface area (Å²) < 4.78 is 11.0. The fraction of sp³-hybridized carbons (Fsp3) is 0.258. The monoisotopic (exact) mass is 643 g/mol. The molecule has 1 fully saturated rings. The van der Waals surface area contributed by atoms with E-state index in [-0.39, 0.29) is 25.4 Å². The van der Waals surface area contributed by atoms with Crippen LogP contribution in [-0.2, 0) is 27.4 Å². The zero-order valence-corrected chi connectivity index (χ0v) is 25.4. The van der Waals surface area contributed by atoms with Gasteiger partial charge in [-0.2, -0.15) is 0 Å². The fourth-order valence-corrected chi connectivity index (χ4v) is 5.58. The van der Waals surface area contributed by atoms with Gasteiger partial charge in [0, 0.05) is 36.7 Å². The van der Waals surface area contributed by atoms with E-state index < -0.39 is 16.0 Å². The Kier molecular flexibility index (Phi) is 10.4. The number of aromatic nitrogens is 2. The third kappa shape index (κ3) is 8.23. The van der Waals surface area contributed by atoms with Gasteiger partial charge in [-0.3, -0.25) is 4.79 Å². The van der Waals surface area contributed by atoms with Crippen molar-refractivity contribution in [3.63, 3.8) is 0 Å². The van der Waals surface area contributed by atoms with Crippen molar-refractivity contribution in [1.82, 2.24) is 15.3 Å². The molecule has 3 aromatic carbocycles. The number of amides is 1. The summed E-state index contributed by atoms with van der Waals surface area (Å²) >= 11 is 18.6. The lowest BCUT2D eigenvalue weighted by molar-refractivity contribution is -0.245. The second-order valence-corrected chi connectivity index (χ2v) is 13.0. The summed E-state index contributed by atoms with van der Waals surface area (Å²) in [5, 5.41) is 12.8. The van der Waals surface area contributed by atoms with Crippen LogP contribution in [0.2, 0.25) is 0 Å². The number of benzene rings is 3. The molecule has 1 aliphatic heterocycles. The second-order valence-electron chi connectivity index (χ2n) is 9.70. The first-order chi connectivity index (χ1) is 20.3. The van der Waals surface area contributed by atoms with Crippen LogP contribution in [0.5, 0.6) is 0 Å². The van der Waals surface area contributed by atoms with E-state index in [1.165, 1.54) is 0 Å². The van der Waals surface area contributed by atoms with E-state index in [1.54, 1.807) is 30.2 Å². The van der Waals surface area contributed by atoms with Gasteiger partial charge < -0.3 is 19.9 Å². The molecule has 42 heavy (non-hydrogen) atoms. The standard InChI is InChI=1S/C31H28Cl3N3O4S/c32-31(33,34)29(39)37-17-21-4-1-5-23(14-21)24-6-2-7-25(15-24)28-40-26(19-42-30-35-12-3-13-36-30)16-27(41-28)22-10-8-20(18-38)9-11-22/h1-15,26-28,38H,16-19H2,(H,37,39)/t26-,27+,28+/m1/s1. The maximum Gasteiger partial charge on any atom is 0.272 e. The van der Waals surface area contributed by atoms with E-state index in [0.717, 1.165) is 33.4 Å². The van der Waals surface area contributed by atoms with Crippen molar-refractivity contribution < 1.29 is 19.4 Å². The molecular weight excluding hydrogens is 617 g/mol. The van der Waals surface area contributed by atoms with Gasteiger partial charge in [-0.25, -0.2) is 9.97 Å². The van der Waals surface area contributed by atoms with Crippen LogP contribution >= 0.6 is 46.6 Å². The first kappa shape index (κ1) is 30.8. The molecule has 3 atom stereocenters. The van der Waals surface area contributed by atoms with Crippen molar-refractivity contribution in [2.45, 2.75) is 47.0 Å². The number of carbonyl (C=O) groups is 1. The van der Waals surface area contributed by atoms with E-state index >= 15 is 0 Å². The van der Waals surface area contributed by atoms with Crippen LogP contribution in [0.25, 0.3) is 11.1 Å². The van der Waals surface area contributed by atoms with Crippen LogP contribution in [0.1, 0.15) is 41.1 Å². The van der Waals surface area contributed by atoms with Gasteiger partial charge in [0.25, 0.3) is 9.70 Å². The van der Waals surface area contributed by atoms with E-state index in [1.807, 2.05) is 72.8 Å².